The topological polar surface area (TPSA) is 66.8 Å². The molecule has 1 aromatic rings. The molecule has 0 bridgehead atoms. The van der Waals surface area contributed by atoms with E-state index in [0.29, 0.717) is 12.2 Å². The van der Waals surface area contributed by atoms with E-state index in [0.717, 1.165) is 12.8 Å². The maximum atomic E-state index is 12.8. The van der Waals surface area contributed by atoms with Crippen LogP contribution < -0.4 is 0 Å². The minimum atomic E-state index is -1.07. The summed E-state index contributed by atoms with van der Waals surface area (Å²) in [5, 5.41) is 8.92. The second-order valence-corrected chi connectivity index (χ2v) is 5.13. The van der Waals surface area contributed by atoms with E-state index >= 15 is 0 Å². The van der Waals surface area contributed by atoms with Gasteiger partial charge in [-0.15, -0.1) is 0 Å². The minimum Gasteiger partial charge on any atom is -0.480 e. The van der Waals surface area contributed by atoms with Crippen molar-refractivity contribution in [3.8, 4) is 0 Å². The van der Waals surface area contributed by atoms with Gasteiger partial charge in [0.15, 0.2) is 0 Å². The SMILES string of the molecule is O=C(O)CN(CC1CCCO1)C(=O)/C=C/c1ccc(F)cc1. The van der Waals surface area contributed by atoms with Gasteiger partial charge in [-0.2, -0.15) is 0 Å². The lowest BCUT2D eigenvalue weighted by atomic mass is 10.2. The molecule has 1 unspecified atom stereocenters. The van der Waals surface area contributed by atoms with Crippen LogP contribution in [0.3, 0.4) is 0 Å². The van der Waals surface area contributed by atoms with Gasteiger partial charge >= 0.3 is 5.97 Å². The average molecular weight is 307 g/mol. The zero-order valence-corrected chi connectivity index (χ0v) is 12.1. The Morgan fingerprint density at radius 2 is 2.09 bits per heavy atom. The fraction of sp³-hybridized carbons (Fsp3) is 0.375. The van der Waals surface area contributed by atoms with E-state index in [9.17, 15) is 14.0 Å². The van der Waals surface area contributed by atoms with Gasteiger partial charge in [-0.3, -0.25) is 9.59 Å². The van der Waals surface area contributed by atoms with Crippen molar-refractivity contribution in [3.05, 3.63) is 41.7 Å². The molecule has 1 amide bonds. The number of hydrogen-bond acceptors (Lipinski definition) is 3. The van der Waals surface area contributed by atoms with E-state index in [1.165, 1.54) is 29.2 Å². The summed E-state index contributed by atoms with van der Waals surface area (Å²) < 4.78 is 18.2. The molecule has 1 aromatic carbocycles. The first-order valence-corrected chi connectivity index (χ1v) is 7.10. The number of carbonyl (C=O) groups excluding carboxylic acids is 1. The van der Waals surface area contributed by atoms with Crippen molar-refractivity contribution in [2.45, 2.75) is 18.9 Å². The monoisotopic (exact) mass is 307 g/mol. The standard InChI is InChI=1S/C16H18FNO4/c17-13-6-3-12(4-7-13)5-8-15(19)18(11-16(20)21)10-14-2-1-9-22-14/h3-8,14H,1-2,9-11H2,(H,20,21)/b8-5+. The van der Waals surface area contributed by atoms with Crippen LogP contribution in [0.2, 0.25) is 0 Å². The largest absolute Gasteiger partial charge is 0.480 e. The smallest absolute Gasteiger partial charge is 0.323 e. The Hall–Kier alpha value is -2.21. The molecule has 0 aromatic heterocycles. The van der Waals surface area contributed by atoms with Crippen LogP contribution in [0.5, 0.6) is 0 Å². The molecule has 1 fully saturated rings. The summed E-state index contributed by atoms with van der Waals surface area (Å²) in [4.78, 5) is 24.3. The highest BCUT2D eigenvalue weighted by Crippen LogP contribution is 2.14. The third-order valence-corrected chi connectivity index (χ3v) is 3.37. The van der Waals surface area contributed by atoms with Gasteiger partial charge in [-0.1, -0.05) is 12.1 Å². The Morgan fingerprint density at radius 1 is 1.36 bits per heavy atom. The van der Waals surface area contributed by atoms with Gasteiger partial charge in [-0.25, -0.2) is 4.39 Å². The van der Waals surface area contributed by atoms with Gasteiger partial charge in [0.25, 0.3) is 0 Å². The van der Waals surface area contributed by atoms with Crippen LogP contribution in [0.25, 0.3) is 6.08 Å². The van der Waals surface area contributed by atoms with Crippen molar-refractivity contribution in [2.24, 2.45) is 0 Å². The fourth-order valence-corrected chi connectivity index (χ4v) is 2.28. The highest BCUT2D eigenvalue weighted by atomic mass is 19.1. The summed E-state index contributed by atoms with van der Waals surface area (Å²) in [5.41, 5.74) is 0.669. The molecule has 0 saturated carbocycles. The number of rotatable bonds is 6. The molecule has 1 N–H and O–H groups in total. The van der Waals surface area contributed by atoms with Crippen molar-refractivity contribution >= 4 is 18.0 Å². The second-order valence-electron chi connectivity index (χ2n) is 5.13. The number of carboxylic acid groups (broad SMARTS) is 1. The Bertz CT molecular complexity index is 550. The second kappa shape index (κ2) is 7.70. The van der Waals surface area contributed by atoms with Gasteiger partial charge in [0.1, 0.15) is 12.4 Å². The van der Waals surface area contributed by atoms with Gasteiger partial charge in [0.05, 0.1) is 6.10 Å². The summed E-state index contributed by atoms with van der Waals surface area (Å²) in [7, 11) is 0. The van der Waals surface area contributed by atoms with Crippen molar-refractivity contribution < 1.29 is 23.8 Å². The molecule has 22 heavy (non-hydrogen) atoms. The molecule has 1 atom stereocenters. The van der Waals surface area contributed by atoms with E-state index in [-0.39, 0.29) is 25.0 Å². The molecular formula is C16H18FNO4. The summed E-state index contributed by atoms with van der Waals surface area (Å²) in [5.74, 6) is -1.82. The van der Waals surface area contributed by atoms with Crippen LogP contribution in [-0.4, -0.2) is 47.7 Å². The van der Waals surface area contributed by atoms with Gasteiger partial charge in [0, 0.05) is 19.2 Å². The summed E-state index contributed by atoms with van der Waals surface area (Å²) in [6, 6.07) is 5.68. The number of ether oxygens (including phenoxy) is 1. The zero-order valence-electron chi connectivity index (χ0n) is 12.1. The van der Waals surface area contributed by atoms with Crippen LogP contribution in [0.4, 0.5) is 4.39 Å². The van der Waals surface area contributed by atoms with Crippen molar-refractivity contribution in [1.29, 1.82) is 0 Å². The molecule has 118 valence electrons. The number of nitrogens with zero attached hydrogens (tertiary/aromatic N) is 1. The molecular weight excluding hydrogens is 289 g/mol. The van der Waals surface area contributed by atoms with Crippen molar-refractivity contribution in [3.63, 3.8) is 0 Å². The fourth-order valence-electron chi connectivity index (χ4n) is 2.28. The number of amides is 1. The lowest BCUT2D eigenvalue weighted by Gasteiger charge is -2.22. The quantitative estimate of drug-likeness (QED) is 0.816. The molecule has 1 aliphatic rings. The van der Waals surface area contributed by atoms with Gasteiger partial charge in [0.2, 0.25) is 5.91 Å². The summed E-state index contributed by atoms with van der Waals surface area (Å²) in [6.07, 6.45) is 4.47. The highest BCUT2D eigenvalue weighted by molar-refractivity contribution is 5.93. The molecule has 1 aliphatic heterocycles. The number of hydrogen-bond donors (Lipinski definition) is 1. The maximum absolute atomic E-state index is 12.8. The zero-order chi connectivity index (χ0) is 15.9. The number of carbonyl (C=O) groups is 2. The molecule has 1 heterocycles. The Balaban J connectivity index is 2.00. The van der Waals surface area contributed by atoms with Crippen LogP contribution in [-0.2, 0) is 14.3 Å². The van der Waals surface area contributed by atoms with Crippen molar-refractivity contribution in [1.82, 2.24) is 4.90 Å². The third kappa shape index (κ3) is 4.96. The molecule has 0 spiro atoms. The number of carboxylic acids is 1. The predicted octanol–water partition coefficient (Wildman–Crippen LogP) is 1.93. The van der Waals surface area contributed by atoms with E-state index in [4.69, 9.17) is 9.84 Å². The van der Waals surface area contributed by atoms with Crippen molar-refractivity contribution in [2.75, 3.05) is 19.7 Å². The number of halogens is 1. The highest BCUT2D eigenvalue weighted by Gasteiger charge is 2.22. The third-order valence-electron chi connectivity index (χ3n) is 3.37. The van der Waals surface area contributed by atoms with E-state index in [1.807, 2.05) is 0 Å². The molecule has 5 nitrogen and oxygen atoms in total. The molecule has 2 rings (SSSR count). The first-order chi connectivity index (χ1) is 10.5. The predicted molar refractivity (Wildman–Crippen MR) is 78.6 cm³/mol. The average Bonchev–Trinajstić information content (AvgIpc) is 2.98. The van der Waals surface area contributed by atoms with E-state index < -0.39 is 11.9 Å². The first-order valence-electron chi connectivity index (χ1n) is 7.10. The molecule has 0 aliphatic carbocycles. The Morgan fingerprint density at radius 3 is 2.68 bits per heavy atom. The van der Waals surface area contributed by atoms with Crippen LogP contribution in [0.15, 0.2) is 30.3 Å². The van der Waals surface area contributed by atoms with Gasteiger partial charge < -0.3 is 14.7 Å². The maximum Gasteiger partial charge on any atom is 0.323 e. The molecule has 0 radical (unpaired) electrons. The van der Waals surface area contributed by atoms with Crippen LogP contribution in [0, 0.1) is 5.82 Å². The minimum absolute atomic E-state index is 0.109. The van der Waals surface area contributed by atoms with Crippen LogP contribution in [0.1, 0.15) is 18.4 Å². The van der Waals surface area contributed by atoms with Gasteiger partial charge in [-0.05, 0) is 36.6 Å². The van der Waals surface area contributed by atoms with Crippen LogP contribution >= 0.6 is 0 Å². The summed E-state index contributed by atoms with van der Waals surface area (Å²) in [6.45, 7) is 0.538. The lowest BCUT2D eigenvalue weighted by molar-refractivity contribution is -0.143. The normalized spacial score (nSPS) is 17.8. The summed E-state index contributed by atoms with van der Waals surface area (Å²) >= 11 is 0. The number of aliphatic carboxylic acids is 1. The Labute approximate surface area is 128 Å². The molecule has 1 saturated heterocycles. The number of benzene rings is 1. The van der Waals surface area contributed by atoms with E-state index in [1.54, 1.807) is 12.1 Å². The first kappa shape index (κ1) is 16.2. The molecule has 6 heteroatoms. The van der Waals surface area contributed by atoms with E-state index in [2.05, 4.69) is 0 Å². The lowest BCUT2D eigenvalue weighted by Crippen LogP contribution is -2.39. The Kier molecular flexibility index (Phi) is 5.66.